The van der Waals surface area contributed by atoms with E-state index in [1.54, 1.807) is 0 Å². The summed E-state index contributed by atoms with van der Waals surface area (Å²) in [4.78, 5) is 4.70. The summed E-state index contributed by atoms with van der Waals surface area (Å²) in [5, 5.41) is 8.39. The molecule has 110 valence electrons. The van der Waals surface area contributed by atoms with Crippen LogP contribution in [0.1, 0.15) is 11.3 Å². The highest BCUT2D eigenvalue weighted by molar-refractivity contribution is 5.50. The van der Waals surface area contributed by atoms with E-state index in [-0.39, 0.29) is 0 Å². The Hall–Kier alpha value is -2.14. The molecule has 3 rings (SSSR count). The van der Waals surface area contributed by atoms with E-state index in [0.717, 1.165) is 37.7 Å². The third kappa shape index (κ3) is 3.13. The molecule has 1 aliphatic heterocycles. The fraction of sp³-hybridized carbons (Fsp3) is 0.375. The summed E-state index contributed by atoms with van der Waals surface area (Å²) < 4.78 is 0. The van der Waals surface area contributed by atoms with E-state index in [9.17, 15) is 0 Å². The lowest BCUT2D eigenvalue weighted by atomic mass is 10.2. The maximum Gasteiger partial charge on any atom is 0.151 e. The van der Waals surface area contributed by atoms with Crippen molar-refractivity contribution in [3.63, 3.8) is 0 Å². The molecule has 0 bridgehead atoms. The van der Waals surface area contributed by atoms with Gasteiger partial charge < -0.3 is 15.5 Å². The van der Waals surface area contributed by atoms with Gasteiger partial charge >= 0.3 is 0 Å². The number of benzene rings is 1. The van der Waals surface area contributed by atoms with Gasteiger partial charge in [0.1, 0.15) is 0 Å². The van der Waals surface area contributed by atoms with Crippen molar-refractivity contribution in [2.24, 2.45) is 5.73 Å². The van der Waals surface area contributed by atoms with Crippen molar-refractivity contribution >= 4 is 11.5 Å². The minimum atomic E-state index is 0.439. The Kier molecular flexibility index (Phi) is 4.01. The van der Waals surface area contributed by atoms with Gasteiger partial charge in [0.25, 0.3) is 0 Å². The van der Waals surface area contributed by atoms with Gasteiger partial charge in [-0.3, -0.25) is 0 Å². The van der Waals surface area contributed by atoms with E-state index in [1.807, 2.05) is 12.1 Å². The summed E-state index contributed by atoms with van der Waals surface area (Å²) in [5.41, 5.74) is 8.99. The molecule has 2 N–H and O–H groups in total. The molecule has 1 saturated heterocycles. The van der Waals surface area contributed by atoms with Crippen molar-refractivity contribution in [3.8, 4) is 0 Å². The Morgan fingerprint density at radius 2 is 1.76 bits per heavy atom. The van der Waals surface area contributed by atoms with Gasteiger partial charge in [-0.05, 0) is 36.8 Å². The summed E-state index contributed by atoms with van der Waals surface area (Å²) in [6.45, 7) is 6.51. The van der Waals surface area contributed by atoms with Gasteiger partial charge in [-0.25, -0.2) is 0 Å². The first-order valence-electron chi connectivity index (χ1n) is 7.35. The second kappa shape index (κ2) is 6.10. The van der Waals surface area contributed by atoms with E-state index in [2.05, 4.69) is 51.2 Å². The Morgan fingerprint density at radius 3 is 2.38 bits per heavy atom. The minimum Gasteiger partial charge on any atom is -0.368 e. The molecule has 1 aromatic carbocycles. The molecule has 0 amide bonds. The third-order valence-electron chi connectivity index (χ3n) is 3.89. The average molecular weight is 283 g/mol. The van der Waals surface area contributed by atoms with Crippen LogP contribution in [0.15, 0.2) is 36.4 Å². The average Bonchev–Trinajstić information content (AvgIpc) is 2.55. The lowest BCUT2D eigenvalue weighted by molar-refractivity contribution is 0.642. The second-order valence-electron chi connectivity index (χ2n) is 5.40. The number of hydrogen-bond acceptors (Lipinski definition) is 5. The minimum absolute atomic E-state index is 0.439. The number of anilines is 2. The van der Waals surface area contributed by atoms with E-state index in [1.165, 1.54) is 11.3 Å². The van der Waals surface area contributed by atoms with E-state index >= 15 is 0 Å². The van der Waals surface area contributed by atoms with Crippen molar-refractivity contribution in [2.45, 2.75) is 13.5 Å². The van der Waals surface area contributed by atoms with E-state index < -0.39 is 0 Å². The third-order valence-corrected chi connectivity index (χ3v) is 3.89. The molecule has 1 aliphatic rings. The van der Waals surface area contributed by atoms with Crippen LogP contribution in [0.5, 0.6) is 0 Å². The summed E-state index contributed by atoms with van der Waals surface area (Å²) in [5.74, 6) is 0.941. The molecular formula is C16H21N5. The molecule has 1 aromatic heterocycles. The number of nitrogens with zero attached hydrogens (tertiary/aromatic N) is 4. The molecule has 0 atom stereocenters. The number of nitrogens with two attached hydrogens (primary N) is 1. The van der Waals surface area contributed by atoms with Crippen molar-refractivity contribution in [2.75, 3.05) is 36.0 Å². The van der Waals surface area contributed by atoms with Gasteiger partial charge in [0.2, 0.25) is 0 Å². The Bertz CT molecular complexity index is 588. The molecule has 0 unspecified atom stereocenters. The molecule has 21 heavy (non-hydrogen) atoms. The van der Waals surface area contributed by atoms with Crippen LogP contribution in [0.3, 0.4) is 0 Å². The second-order valence-corrected chi connectivity index (χ2v) is 5.40. The van der Waals surface area contributed by atoms with Crippen molar-refractivity contribution in [3.05, 3.63) is 47.7 Å². The molecule has 0 spiro atoms. The van der Waals surface area contributed by atoms with Crippen LogP contribution in [-0.2, 0) is 6.54 Å². The van der Waals surface area contributed by atoms with Crippen LogP contribution in [-0.4, -0.2) is 36.4 Å². The Labute approximate surface area is 125 Å². The topological polar surface area (TPSA) is 58.3 Å². The first-order valence-corrected chi connectivity index (χ1v) is 7.35. The zero-order valence-corrected chi connectivity index (χ0v) is 12.4. The monoisotopic (exact) mass is 283 g/mol. The molecule has 0 saturated carbocycles. The molecule has 1 fully saturated rings. The van der Waals surface area contributed by atoms with Gasteiger partial charge in [0.15, 0.2) is 5.82 Å². The molecular weight excluding hydrogens is 262 g/mol. The zero-order chi connectivity index (χ0) is 14.7. The quantitative estimate of drug-likeness (QED) is 0.926. The van der Waals surface area contributed by atoms with Crippen molar-refractivity contribution < 1.29 is 0 Å². The lowest BCUT2D eigenvalue weighted by Gasteiger charge is -2.36. The number of hydrogen-bond donors (Lipinski definition) is 1. The lowest BCUT2D eigenvalue weighted by Crippen LogP contribution is -2.46. The molecule has 0 radical (unpaired) electrons. The maximum absolute atomic E-state index is 5.55. The predicted octanol–water partition coefficient (Wildman–Crippen LogP) is 1.57. The fourth-order valence-electron chi connectivity index (χ4n) is 2.65. The van der Waals surface area contributed by atoms with E-state index in [4.69, 9.17) is 5.73 Å². The van der Waals surface area contributed by atoms with Gasteiger partial charge in [-0.15, -0.1) is 5.10 Å². The highest BCUT2D eigenvalue weighted by atomic mass is 15.3. The predicted molar refractivity (Wildman–Crippen MR) is 85.5 cm³/mol. The number of aryl methyl sites for hydroxylation is 1. The zero-order valence-electron chi connectivity index (χ0n) is 12.4. The van der Waals surface area contributed by atoms with Crippen LogP contribution < -0.4 is 15.5 Å². The first kappa shape index (κ1) is 13.8. The van der Waals surface area contributed by atoms with E-state index in [0.29, 0.717) is 6.54 Å². The fourth-order valence-corrected chi connectivity index (χ4v) is 2.65. The molecule has 0 aliphatic carbocycles. The Balaban J connectivity index is 1.64. The molecule has 2 aromatic rings. The van der Waals surface area contributed by atoms with Gasteiger partial charge in [0, 0.05) is 38.4 Å². The normalized spacial score (nSPS) is 15.3. The number of aromatic nitrogens is 2. The largest absolute Gasteiger partial charge is 0.368 e. The molecule has 5 heteroatoms. The molecule has 5 nitrogen and oxygen atoms in total. The highest BCUT2D eigenvalue weighted by Crippen LogP contribution is 2.19. The number of rotatable bonds is 3. The van der Waals surface area contributed by atoms with Crippen LogP contribution in [0, 0.1) is 6.92 Å². The van der Waals surface area contributed by atoms with Gasteiger partial charge in [-0.1, -0.05) is 12.1 Å². The Morgan fingerprint density at radius 1 is 1.00 bits per heavy atom. The summed E-state index contributed by atoms with van der Waals surface area (Å²) in [6, 6.07) is 12.6. The van der Waals surface area contributed by atoms with Crippen LogP contribution in [0.2, 0.25) is 0 Å². The van der Waals surface area contributed by atoms with Gasteiger partial charge in [-0.2, -0.15) is 5.10 Å². The highest BCUT2D eigenvalue weighted by Gasteiger charge is 2.18. The first-order chi connectivity index (χ1) is 10.3. The maximum atomic E-state index is 5.55. The molecule has 2 heterocycles. The van der Waals surface area contributed by atoms with Crippen molar-refractivity contribution in [1.82, 2.24) is 10.2 Å². The summed E-state index contributed by atoms with van der Waals surface area (Å²) in [6.07, 6.45) is 0. The van der Waals surface area contributed by atoms with Crippen molar-refractivity contribution in [1.29, 1.82) is 0 Å². The van der Waals surface area contributed by atoms with Gasteiger partial charge in [0.05, 0.1) is 5.69 Å². The van der Waals surface area contributed by atoms with Crippen LogP contribution >= 0.6 is 0 Å². The number of piperazine rings is 1. The summed E-state index contributed by atoms with van der Waals surface area (Å²) in [7, 11) is 0. The SMILES string of the molecule is Cc1cccc(N2CCN(c3ccc(CN)nn3)CC2)c1. The standard InChI is InChI=1S/C16H21N5/c1-13-3-2-4-15(11-13)20-7-9-21(10-8-20)16-6-5-14(12-17)18-19-16/h2-6,11H,7-10,12,17H2,1H3. The van der Waals surface area contributed by atoms with Crippen LogP contribution in [0.4, 0.5) is 11.5 Å². The van der Waals surface area contributed by atoms with Crippen LogP contribution in [0.25, 0.3) is 0 Å². The smallest absolute Gasteiger partial charge is 0.151 e. The summed E-state index contributed by atoms with van der Waals surface area (Å²) >= 11 is 0.